The molecule has 1 aromatic heterocycles. The lowest BCUT2D eigenvalue weighted by Crippen LogP contribution is -2.18. The first-order valence-corrected chi connectivity index (χ1v) is 4.09. The van der Waals surface area contributed by atoms with Crippen LogP contribution in [0.4, 0.5) is 5.82 Å². The molecule has 4 nitrogen and oxygen atoms in total. The third-order valence-corrected chi connectivity index (χ3v) is 1.62. The second kappa shape index (κ2) is 4.45. The first-order chi connectivity index (χ1) is 6.22. The van der Waals surface area contributed by atoms with Gasteiger partial charge in [-0.2, -0.15) is 0 Å². The van der Waals surface area contributed by atoms with Crippen LogP contribution in [0.25, 0.3) is 0 Å². The Bertz CT molecular complexity index is 299. The van der Waals surface area contributed by atoms with Gasteiger partial charge in [0.15, 0.2) is 0 Å². The van der Waals surface area contributed by atoms with Crippen molar-refractivity contribution in [3.63, 3.8) is 0 Å². The van der Waals surface area contributed by atoms with Crippen LogP contribution in [0.2, 0.25) is 0 Å². The Labute approximate surface area is 77.4 Å². The molecular formula is C9H13N3O. The van der Waals surface area contributed by atoms with Gasteiger partial charge in [0.05, 0.1) is 0 Å². The zero-order chi connectivity index (χ0) is 9.68. The molecule has 4 heteroatoms. The minimum atomic E-state index is -0.0252. The van der Waals surface area contributed by atoms with Crippen molar-refractivity contribution in [1.29, 1.82) is 0 Å². The van der Waals surface area contributed by atoms with Gasteiger partial charge in [0.1, 0.15) is 5.82 Å². The summed E-state index contributed by atoms with van der Waals surface area (Å²) in [6.45, 7) is 2.05. The molecular weight excluding hydrogens is 166 g/mol. The summed E-state index contributed by atoms with van der Waals surface area (Å²) >= 11 is 0. The van der Waals surface area contributed by atoms with Crippen molar-refractivity contribution in [2.75, 3.05) is 12.4 Å². The Hall–Kier alpha value is -1.58. The lowest BCUT2D eigenvalue weighted by atomic mass is 10.2. The van der Waals surface area contributed by atoms with Crippen molar-refractivity contribution in [2.24, 2.45) is 0 Å². The monoisotopic (exact) mass is 179 g/mol. The van der Waals surface area contributed by atoms with E-state index in [1.165, 1.54) is 6.92 Å². The van der Waals surface area contributed by atoms with E-state index in [1.807, 2.05) is 19.2 Å². The number of hydrogen-bond donors (Lipinski definition) is 2. The van der Waals surface area contributed by atoms with Crippen molar-refractivity contribution in [3.8, 4) is 0 Å². The SMILES string of the molecule is CNc1cc(CNC(C)=O)ccn1. The Morgan fingerprint density at radius 1 is 1.62 bits per heavy atom. The van der Waals surface area contributed by atoms with Crippen molar-refractivity contribution >= 4 is 11.7 Å². The number of pyridine rings is 1. The van der Waals surface area contributed by atoms with E-state index in [1.54, 1.807) is 6.20 Å². The van der Waals surface area contributed by atoms with E-state index < -0.39 is 0 Å². The highest BCUT2D eigenvalue weighted by Gasteiger charge is 1.96. The molecule has 0 aromatic carbocycles. The van der Waals surface area contributed by atoms with Crippen LogP contribution < -0.4 is 10.6 Å². The van der Waals surface area contributed by atoms with Crippen LogP contribution in [0, 0.1) is 0 Å². The van der Waals surface area contributed by atoms with Gasteiger partial charge in [0, 0.05) is 26.7 Å². The third-order valence-electron chi connectivity index (χ3n) is 1.62. The number of hydrogen-bond acceptors (Lipinski definition) is 3. The Morgan fingerprint density at radius 3 is 3.00 bits per heavy atom. The highest BCUT2D eigenvalue weighted by atomic mass is 16.1. The molecule has 0 aliphatic rings. The van der Waals surface area contributed by atoms with E-state index >= 15 is 0 Å². The minimum absolute atomic E-state index is 0.0252. The summed E-state index contributed by atoms with van der Waals surface area (Å²) in [4.78, 5) is 14.7. The van der Waals surface area contributed by atoms with Crippen LogP contribution in [0.15, 0.2) is 18.3 Å². The molecule has 13 heavy (non-hydrogen) atoms. The second-order valence-corrected chi connectivity index (χ2v) is 2.71. The van der Waals surface area contributed by atoms with Gasteiger partial charge >= 0.3 is 0 Å². The third kappa shape index (κ3) is 3.11. The summed E-state index contributed by atoms with van der Waals surface area (Å²) in [7, 11) is 1.81. The molecule has 1 heterocycles. The minimum Gasteiger partial charge on any atom is -0.373 e. The van der Waals surface area contributed by atoms with Gasteiger partial charge in [-0.25, -0.2) is 4.98 Å². The van der Waals surface area contributed by atoms with E-state index in [9.17, 15) is 4.79 Å². The Kier molecular flexibility index (Phi) is 3.25. The maximum absolute atomic E-state index is 10.6. The molecule has 2 N–H and O–H groups in total. The smallest absolute Gasteiger partial charge is 0.217 e. The number of carbonyl (C=O) groups is 1. The average Bonchev–Trinajstić information content (AvgIpc) is 2.15. The van der Waals surface area contributed by atoms with Crippen molar-refractivity contribution in [2.45, 2.75) is 13.5 Å². The quantitative estimate of drug-likeness (QED) is 0.720. The maximum Gasteiger partial charge on any atom is 0.217 e. The topological polar surface area (TPSA) is 54.0 Å². The predicted molar refractivity (Wildman–Crippen MR) is 51.3 cm³/mol. The summed E-state index contributed by atoms with van der Waals surface area (Å²) < 4.78 is 0. The number of carbonyl (C=O) groups excluding carboxylic acids is 1. The van der Waals surface area contributed by atoms with Gasteiger partial charge in [-0.3, -0.25) is 4.79 Å². The Balaban J connectivity index is 2.61. The van der Waals surface area contributed by atoms with E-state index in [0.717, 1.165) is 11.4 Å². The first kappa shape index (κ1) is 9.51. The molecule has 0 aliphatic carbocycles. The lowest BCUT2D eigenvalue weighted by Gasteiger charge is -2.04. The van der Waals surface area contributed by atoms with Gasteiger partial charge in [0.2, 0.25) is 5.91 Å². The zero-order valence-corrected chi connectivity index (χ0v) is 7.79. The molecule has 1 rings (SSSR count). The number of rotatable bonds is 3. The Morgan fingerprint density at radius 2 is 2.38 bits per heavy atom. The summed E-state index contributed by atoms with van der Waals surface area (Å²) in [5.41, 5.74) is 1.04. The van der Waals surface area contributed by atoms with Crippen LogP contribution in [-0.4, -0.2) is 17.9 Å². The highest BCUT2D eigenvalue weighted by Crippen LogP contribution is 2.04. The largest absolute Gasteiger partial charge is 0.373 e. The van der Waals surface area contributed by atoms with Crippen LogP contribution in [0.3, 0.4) is 0 Å². The first-order valence-electron chi connectivity index (χ1n) is 4.09. The number of nitrogens with one attached hydrogen (secondary N) is 2. The molecule has 0 saturated carbocycles. The van der Waals surface area contributed by atoms with Gasteiger partial charge in [-0.1, -0.05) is 0 Å². The van der Waals surface area contributed by atoms with Gasteiger partial charge in [-0.15, -0.1) is 0 Å². The van der Waals surface area contributed by atoms with E-state index in [2.05, 4.69) is 15.6 Å². The summed E-state index contributed by atoms with van der Waals surface area (Å²) in [5.74, 6) is 0.783. The zero-order valence-electron chi connectivity index (χ0n) is 7.79. The number of nitrogens with zero attached hydrogens (tertiary/aromatic N) is 1. The van der Waals surface area contributed by atoms with Crippen molar-refractivity contribution in [1.82, 2.24) is 10.3 Å². The normalized spacial score (nSPS) is 9.38. The lowest BCUT2D eigenvalue weighted by molar-refractivity contribution is -0.119. The molecule has 0 radical (unpaired) electrons. The molecule has 0 unspecified atom stereocenters. The van der Waals surface area contributed by atoms with Gasteiger partial charge < -0.3 is 10.6 Å². The van der Waals surface area contributed by atoms with Crippen LogP contribution in [0.5, 0.6) is 0 Å². The highest BCUT2D eigenvalue weighted by molar-refractivity contribution is 5.72. The molecule has 1 amide bonds. The fourth-order valence-corrected chi connectivity index (χ4v) is 0.948. The average molecular weight is 179 g/mol. The standard InChI is InChI=1S/C9H13N3O/c1-7(13)12-6-8-3-4-11-9(5-8)10-2/h3-5H,6H2,1-2H3,(H,10,11)(H,12,13). The summed E-state index contributed by atoms with van der Waals surface area (Å²) in [5, 5.41) is 5.65. The summed E-state index contributed by atoms with van der Waals surface area (Å²) in [6, 6.07) is 3.77. The fraction of sp³-hybridized carbons (Fsp3) is 0.333. The number of anilines is 1. The van der Waals surface area contributed by atoms with E-state index in [4.69, 9.17) is 0 Å². The maximum atomic E-state index is 10.6. The van der Waals surface area contributed by atoms with Gasteiger partial charge in [0.25, 0.3) is 0 Å². The molecule has 0 bridgehead atoms. The second-order valence-electron chi connectivity index (χ2n) is 2.71. The number of aromatic nitrogens is 1. The molecule has 70 valence electrons. The molecule has 0 atom stereocenters. The van der Waals surface area contributed by atoms with Crippen LogP contribution in [-0.2, 0) is 11.3 Å². The van der Waals surface area contributed by atoms with Crippen molar-refractivity contribution in [3.05, 3.63) is 23.9 Å². The van der Waals surface area contributed by atoms with Crippen molar-refractivity contribution < 1.29 is 4.79 Å². The summed E-state index contributed by atoms with van der Waals surface area (Å²) in [6.07, 6.45) is 1.71. The molecule has 0 aliphatic heterocycles. The molecule has 0 spiro atoms. The predicted octanol–water partition coefficient (Wildman–Crippen LogP) is 0.759. The fourth-order valence-electron chi connectivity index (χ4n) is 0.948. The molecule has 1 aromatic rings. The van der Waals surface area contributed by atoms with Crippen LogP contribution in [0.1, 0.15) is 12.5 Å². The van der Waals surface area contributed by atoms with Gasteiger partial charge in [-0.05, 0) is 17.7 Å². The number of amides is 1. The van der Waals surface area contributed by atoms with E-state index in [0.29, 0.717) is 6.54 Å². The molecule has 0 saturated heterocycles. The molecule has 0 fully saturated rings. The van der Waals surface area contributed by atoms with Crippen LogP contribution >= 0.6 is 0 Å². The van der Waals surface area contributed by atoms with E-state index in [-0.39, 0.29) is 5.91 Å².